The summed E-state index contributed by atoms with van der Waals surface area (Å²) < 4.78 is 10.3. The SMILES string of the molecule is COCCOc1ccc(C(=O)N(C)C)cc1N. The van der Waals surface area contributed by atoms with Gasteiger partial charge in [0.15, 0.2) is 0 Å². The number of methoxy groups -OCH3 is 1. The lowest BCUT2D eigenvalue weighted by atomic mass is 10.1. The molecule has 5 heteroatoms. The van der Waals surface area contributed by atoms with Crippen LogP contribution in [-0.2, 0) is 4.74 Å². The first-order valence-corrected chi connectivity index (χ1v) is 5.29. The third-order valence-corrected chi connectivity index (χ3v) is 2.21. The molecule has 0 aliphatic rings. The van der Waals surface area contributed by atoms with Gasteiger partial charge in [-0.15, -0.1) is 0 Å². The first-order chi connectivity index (χ1) is 8.06. The van der Waals surface area contributed by atoms with Crippen LogP contribution < -0.4 is 10.5 Å². The number of carbonyl (C=O) groups is 1. The van der Waals surface area contributed by atoms with Crippen LogP contribution in [0.5, 0.6) is 5.75 Å². The lowest BCUT2D eigenvalue weighted by molar-refractivity contribution is 0.0827. The average Bonchev–Trinajstić information content (AvgIpc) is 2.30. The Hall–Kier alpha value is -1.75. The van der Waals surface area contributed by atoms with Gasteiger partial charge in [-0.3, -0.25) is 4.79 Å². The smallest absolute Gasteiger partial charge is 0.253 e. The maximum atomic E-state index is 11.7. The number of hydrogen-bond donors (Lipinski definition) is 1. The van der Waals surface area contributed by atoms with Gasteiger partial charge in [-0.05, 0) is 18.2 Å². The molecule has 0 unspecified atom stereocenters. The Bertz CT molecular complexity index is 391. The molecule has 1 rings (SSSR count). The third kappa shape index (κ3) is 3.64. The summed E-state index contributed by atoms with van der Waals surface area (Å²) in [7, 11) is 4.99. The molecule has 0 spiro atoms. The lowest BCUT2D eigenvalue weighted by Crippen LogP contribution is -2.21. The average molecular weight is 238 g/mol. The molecule has 2 N–H and O–H groups in total. The van der Waals surface area contributed by atoms with Crippen LogP contribution in [0.1, 0.15) is 10.4 Å². The fourth-order valence-electron chi connectivity index (χ4n) is 1.31. The van der Waals surface area contributed by atoms with Crippen LogP contribution in [0.15, 0.2) is 18.2 Å². The van der Waals surface area contributed by atoms with E-state index in [1.165, 1.54) is 4.90 Å². The van der Waals surface area contributed by atoms with E-state index in [1.54, 1.807) is 39.4 Å². The van der Waals surface area contributed by atoms with Gasteiger partial charge >= 0.3 is 0 Å². The zero-order valence-corrected chi connectivity index (χ0v) is 10.4. The van der Waals surface area contributed by atoms with E-state index in [9.17, 15) is 4.79 Å². The molecule has 1 aromatic carbocycles. The van der Waals surface area contributed by atoms with E-state index in [2.05, 4.69) is 0 Å². The molecule has 17 heavy (non-hydrogen) atoms. The van der Waals surface area contributed by atoms with E-state index < -0.39 is 0 Å². The number of nitrogen functional groups attached to an aromatic ring is 1. The van der Waals surface area contributed by atoms with Crippen LogP contribution in [-0.4, -0.2) is 45.2 Å². The molecule has 1 amide bonds. The molecule has 94 valence electrons. The van der Waals surface area contributed by atoms with Crippen molar-refractivity contribution in [3.63, 3.8) is 0 Å². The summed E-state index contributed by atoms with van der Waals surface area (Å²) in [5.74, 6) is 0.484. The number of benzene rings is 1. The number of amides is 1. The van der Waals surface area contributed by atoms with Gasteiger partial charge in [0, 0.05) is 26.8 Å². The van der Waals surface area contributed by atoms with Crippen molar-refractivity contribution in [3.05, 3.63) is 23.8 Å². The van der Waals surface area contributed by atoms with Gasteiger partial charge in [0.05, 0.1) is 12.3 Å². The number of anilines is 1. The van der Waals surface area contributed by atoms with Gasteiger partial charge in [-0.2, -0.15) is 0 Å². The Morgan fingerprint density at radius 3 is 2.59 bits per heavy atom. The van der Waals surface area contributed by atoms with Crippen LogP contribution in [0.3, 0.4) is 0 Å². The Kier molecular flexibility index (Phi) is 4.78. The third-order valence-electron chi connectivity index (χ3n) is 2.21. The lowest BCUT2D eigenvalue weighted by Gasteiger charge is -2.13. The summed E-state index contributed by atoms with van der Waals surface area (Å²) in [5, 5.41) is 0. The van der Waals surface area contributed by atoms with Gasteiger partial charge in [-0.1, -0.05) is 0 Å². The minimum atomic E-state index is -0.0832. The fraction of sp³-hybridized carbons (Fsp3) is 0.417. The quantitative estimate of drug-likeness (QED) is 0.614. The van der Waals surface area contributed by atoms with Crippen LogP contribution in [0.4, 0.5) is 5.69 Å². The molecule has 0 aliphatic heterocycles. The zero-order chi connectivity index (χ0) is 12.8. The van der Waals surface area contributed by atoms with Crippen molar-refractivity contribution >= 4 is 11.6 Å². The summed E-state index contributed by atoms with van der Waals surface area (Å²) >= 11 is 0. The molecular weight excluding hydrogens is 220 g/mol. The molecule has 0 saturated carbocycles. The highest BCUT2D eigenvalue weighted by Gasteiger charge is 2.10. The number of hydrogen-bond acceptors (Lipinski definition) is 4. The minimum Gasteiger partial charge on any atom is -0.489 e. The van der Waals surface area contributed by atoms with Crippen LogP contribution >= 0.6 is 0 Å². The predicted octanol–water partition coefficient (Wildman–Crippen LogP) is 0.996. The topological polar surface area (TPSA) is 64.8 Å². The van der Waals surface area contributed by atoms with Crippen molar-refractivity contribution in [1.29, 1.82) is 0 Å². The number of carbonyl (C=O) groups excluding carboxylic acids is 1. The molecule has 0 radical (unpaired) electrons. The summed E-state index contributed by atoms with van der Waals surface area (Å²) in [6, 6.07) is 5.01. The van der Waals surface area contributed by atoms with Crippen LogP contribution in [0, 0.1) is 0 Å². The van der Waals surface area contributed by atoms with Gasteiger partial charge in [-0.25, -0.2) is 0 Å². The second-order valence-corrected chi connectivity index (χ2v) is 3.79. The van der Waals surface area contributed by atoms with Crippen molar-refractivity contribution in [2.45, 2.75) is 0 Å². The van der Waals surface area contributed by atoms with Crippen molar-refractivity contribution in [3.8, 4) is 5.75 Å². The summed E-state index contributed by atoms with van der Waals surface area (Å²) in [6.07, 6.45) is 0. The first kappa shape index (κ1) is 13.3. The maximum absolute atomic E-state index is 11.7. The van der Waals surface area contributed by atoms with Crippen LogP contribution in [0.2, 0.25) is 0 Å². The molecule has 0 fully saturated rings. The maximum Gasteiger partial charge on any atom is 0.253 e. The van der Waals surface area contributed by atoms with E-state index in [4.69, 9.17) is 15.2 Å². The summed E-state index contributed by atoms with van der Waals surface area (Å²) in [5.41, 5.74) is 6.81. The largest absolute Gasteiger partial charge is 0.489 e. The first-order valence-electron chi connectivity index (χ1n) is 5.29. The van der Waals surface area contributed by atoms with Crippen molar-refractivity contribution in [1.82, 2.24) is 4.90 Å². The van der Waals surface area contributed by atoms with Gasteiger partial charge in [0.25, 0.3) is 5.91 Å². The molecular formula is C12H18N2O3. The van der Waals surface area contributed by atoms with E-state index in [1.807, 2.05) is 0 Å². The molecule has 0 atom stereocenters. The Morgan fingerprint density at radius 2 is 2.06 bits per heavy atom. The van der Waals surface area contributed by atoms with E-state index >= 15 is 0 Å². The van der Waals surface area contributed by atoms with Crippen molar-refractivity contribution in [2.24, 2.45) is 0 Å². The fourth-order valence-corrected chi connectivity index (χ4v) is 1.31. The summed E-state index contributed by atoms with van der Waals surface area (Å²) in [6.45, 7) is 0.930. The molecule has 0 heterocycles. The molecule has 5 nitrogen and oxygen atoms in total. The predicted molar refractivity (Wildman–Crippen MR) is 66.2 cm³/mol. The van der Waals surface area contributed by atoms with Gasteiger partial charge in [0.2, 0.25) is 0 Å². The number of nitrogens with two attached hydrogens (primary N) is 1. The van der Waals surface area contributed by atoms with Crippen LogP contribution in [0.25, 0.3) is 0 Å². The second kappa shape index (κ2) is 6.10. The van der Waals surface area contributed by atoms with E-state index in [0.717, 1.165) is 0 Å². The highest BCUT2D eigenvalue weighted by Crippen LogP contribution is 2.22. The van der Waals surface area contributed by atoms with E-state index in [-0.39, 0.29) is 5.91 Å². The second-order valence-electron chi connectivity index (χ2n) is 3.79. The van der Waals surface area contributed by atoms with E-state index in [0.29, 0.717) is 30.2 Å². The van der Waals surface area contributed by atoms with Crippen molar-refractivity contribution in [2.75, 3.05) is 40.2 Å². The Labute approximate surface area is 101 Å². The molecule has 0 aromatic heterocycles. The minimum absolute atomic E-state index is 0.0832. The van der Waals surface area contributed by atoms with Gasteiger partial charge < -0.3 is 20.1 Å². The highest BCUT2D eigenvalue weighted by atomic mass is 16.5. The standard InChI is InChI=1S/C12H18N2O3/c1-14(2)12(15)9-4-5-11(10(13)8-9)17-7-6-16-3/h4-5,8H,6-7,13H2,1-3H3. The molecule has 0 aliphatic carbocycles. The molecule has 0 saturated heterocycles. The number of nitrogens with zero attached hydrogens (tertiary/aromatic N) is 1. The Balaban J connectivity index is 2.75. The van der Waals surface area contributed by atoms with Gasteiger partial charge in [0.1, 0.15) is 12.4 Å². The Morgan fingerprint density at radius 1 is 1.35 bits per heavy atom. The zero-order valence-electron chi connectivity index (χ0n) is 10.4. The number of ether oxygens (including phenoxy) is 2. The molecule has 0 bridgehead atoms. The van der Waals surface area contributed by atoms with Crippen molar-refractivity contribution < 1.29 is 14.3 Å². The highest BCUT2D eigenvalue weighted by molar-refractivity contribution is 5.95. The monoisotopic (exact) mass is 238 g/mol. The number of rotatable bonds is 5. The summed E-state index contributed by atoms with van der Waals surface area (Å²) in [4.78, 5) is 13.2. The normalized spacial score (nSPS) is 10.1. The molecule has 1 aromatic rings.